The number of benzene rings is 2. The van der Waals surface area contributed by atoms with Gasteiger partial charge in [-0.25, -0.2) is 4.99 Å². The summed E-state index contributed by atoms with van der Waals surface area (Å²) in [6.45, 7) is 5.28. The number of rotatable bonds is 6. The molecule has 156 valence electrons. The normalized spacial score (nSPS) is 17.6. The molecule has 1 N–H and O–H groups in total. The highest BCUT2D eigenvalue weighted by Gasteiger charge is 2.31. The Morgan fingerprint density at radius 2 is 2.03 bits per heavy atom. The predicted molar refractivity (Wildman–Crippen MR) is 120 cm³/mol. The molecule has 2 aromatic carbocycles. The minimum Gasteiger partial charge on any atom is -0.506 e. The van der Waals surface area contributed by atoms with E-state index in [2.05, 4.69) is 4.99 Å². The van der Waals surface area contributed by atoms with Gasteiger partial charge in [-0.05, 0) is 61.9 Å². The third kappa shape index (κ3) is 4.74. The first-order valence-corrected chi connectivity index (χ1v) is 10.4. The van der Waals surface area contributed by atoms with Crippen molar-refractivity contribution in [1.29, 1.82) is 0 Å². The standard InChI is InChI=1S/C23H24N2O4S/c1-5-19(15(3)26)29-20-9-7-6-8-16(20)13-21-22(28)25(4)23(30-21)24-17-11-10-14(2)12-18(17)27/h6-13,19,27H,5H2,1-4H3/b21-13-,24-23?. The number of aryl methyl sites for hydroxylation is 1. The van der Waals surface area contributed by atoms with Crippen molar-refractivity contribution in [3.8, 4) is 11.5 Å². The van der Waals surface area contributed by atoms with Gasteiger partial charge in [-0.3, -0.25) is 14.5 Å². The second-order valence-electron chi connectivity index (χ2n) is 7.02. The molecule has 1 heterocycles. The van der Waals surface area contributed by atoms with E-state index in [1.807, 2.05) is 38.1 Å². The Labute approximate surface area is 180 Å². The van der Waals surface area contributed by atoms with Gasteiger partial charge in [0.15, 0.2) is 17.1 Å². The summed E-state index contributed by atoms with van der Waals surface area (Å²) in [4.78, 5) is 30.9. The lowest BCUT2D eigenvalue weighted by Gasteiger charge is -2.16. The Hall–Kier alpha value is -3.06. The zero-order chi connectivity index (χ0) is 21.8. The average Bonchev–Trinajstić information content (AvgIpc) is 2.97. The van der Waals surface area contributed by atoms with Crippen molar-refractivity contribution in [2.24, 2.45) is 4.99 Å². The van der Waals surface area contributed by atoms with Gasteiger partial charge in [-0.15, -0.1) is 0 Å². The van der Waals surface area contributed by atoms with Crippen LogP contribution >= 0.6 is 11.8 Å². The number of aliphatic imine (C=N–C) groups is 1. The van der Waals surface area contributed by atoms with Crippen LogP contribution in [0.4, 0.5) is 5.69 Å². The molecule has 30 heavy (non-hydrogen) atoms. The van der Waals surface area contributed by atoms with Crippen molar-refractivity contribution in [2.75, 3.05) is 7.05 Å². The number of hydrogen-bond acceptors (Lipinski definition) is 6. The number of likely N-dealkylation sites (N-methyl/N-ethyl adjacent to an activating group) is 1. The number of phenolic OH excluding ortho intramolecular Hbond substituents is 1. The van der Waals surface area contributed by atoms with Crippen LogP contribution in [0.5, 0.6) is 11.5 Å². The molecule has 0 saturated carbocycles. The van der Waals surface area contributed by atoms with Crippen LogP contribution in [0.15, 0.2) is 52.4 Å². The quantitative estimate of drug-likeness (QED) is 0.681. The summed E-state index contributed by atoms with van der Waals surface area (Å²) in [6, 6.07) is 12.5. The highest BCUT2D eigenvalue weighted by Crippen LogP contribution is 2.36. The number of carbonyl (C=O) groups is 2. The molecule has 1 atom stereocenters. The summed E-state index contributed by atoms with van der Waals surface area (Å²) in [6.07, 6.45) is 1.78. The summed E-state index contributed by atoms with van der Waals surface area (Å²) in [7, 11) is 1.64. The highest BCUT2D eigenvalue weighted by molar-refractivity contribution is 8.18. The molecule has 6 nitrogen and oxygen atoms in total. The number of thioether (sulfide) groups is 1. The first-order chi connectivity index (χ1) is 14.3. The minimum atomic E-state index is -0.527. The number of para-hydroxylation sites is 1. The van der Waals surface area contributed by atoms with Gasteiger partial charge >= 0.3 is 0 Å². The lowest BCUT2D eigenvalue weighted by Crippen LogP contribution is -2.24. The fourth-order valence-corrected chi connectivity index (χ4v) is 3.91. The lowest BCUT2D eigenvalue weighted by molar-refractivity contribution is -0.123. The Morgan fingerprint density at radius 1 is 1.30 bits per heavy atom. The molecule has 1 saturated heterocycles. The van der Waals surface area contributed by atoms with E-state index in [4.69, 9.17) is 4.74 Å². The maximum atomic E-state index is 12.7. The highest BCUT2D eigenvalue weighted by atomic mass is 32.2. The molecule has 7 heteroatoms. The van der Waals surface area contributed by atoms with E-state index in [1.54, 1.807) is 31.3 Å². The SMILES string of the molecule is CCC(Oc1ccccc1/C=C1\SC(=Nc2ccc(C)cc2O)N(C)C1=O)C(C)=O. The van der Waals surface area contributed by atoms with E-state index in [9.17, 15) is 14.7 Å². The van der Waals surface area contributed by atoms with Crippen LogP contribution < -0.4 is 4.74 Å². The van der Waals surface area contributed by atoms with Crippen molar-refractivity contribution < 1.29 is 19.4 Å². The summed E-state index contributed by atoms with van der Waals surface area (Å²) in [5, 5.41) is 10.6. The fourth-order valence-electron chi connectivity index (χ4n) is 2.94. The van der Waals surface area contributed by atoms with Gasteiger partial charge in [0.25, 0.3) is 5.91 Å². The number of Topliss-reactive ketones (excluding diaryl/α,β-unsaturated/α-hetero) is 1. The molecule has 1 unspecified atom stereocenters. The maximum absolute atomic E-state index is 12.7. The lowest BCUT2D eigenvalue weighted by atomic mass is 10.1. The average molecular weight is 425 g/mol. The smallest absolute Gasteiger partial charge is 0.266 e. The van der Waals surface area contributed by atoms with Crippen molar-refractivity contribution in [3.05, 3.63) is 58.5 Å². The van der Waals surface area contributed by atoms with Gasteiger partial charge in [0.05, 0.1) is 4.91 Å². The van der Waals surface area contributed by atoms with Gasteiger partial charge < -0.3 is 9.84 Å². The Balaban J connectivity index is 1.91. The first kappa shape index (κ1) is 21.6. The van der Waals surface area contributed by atoms with E-state index >= 15 is 0 Å². The number of ketones is 1. The molecule has 1 aliphatic rings. The van der Waals surface area contributed by atoms with Crippen molar-refractivity contribution in [1.82, 2.24) is 4.90 Å². The molecule has 0 spiro atoms. The van der Waals surface area contributed by atoms with Crippen molar-refractivity contribution in [2.45, 2.75) is 33.3 Å². The Kier molecular flexibility index (Phi) is 6.62. The van der Waals surface area contributed by atoms with E-state index in [1.165, 1.54) is 23.6 Å². The third-order valence-electron chi connectivity index (χ3n) is 4.65. The monoisotopic (exact) mass is 424 g/mol. The molecular weight excluding hydrogens is 400 g/mol. The first-order valence-electron chi connectivity index (χ1n) is 9.62. The van der Waals surface area contributed by atoms with Crippen LogP contribution in [-0.2, 0) is 9.59 Å². The molecule has 1 aliphatic heterocycles. The van der Waals surface area contributed by atoms with Crippen LogP contribution in [0.25, 0.3) is 6.08 Å². The van der Waals surface area contributed by atoms with E-state index in [0.29, 0.717) is 33.5 Å². The Bertz CT molecular complexity index is 1050. The Morgan fingerprint density at radius 3 is 2.70 bits per heavy atom. The molecule has 3 rings (SSSR count). The van der Waals surface area contributed by atoms with Gasteiger partial charge in [-0.2, -0.15) is 0 Å². The molecule has 0 aromatic heterocycles. The second kappa shape index (κ2) is 9.17. The van der Waals surface area contributed by atoms with Gasteiger partial charge in [0.2, 0.25) is 0 Å². The summed E-state index contributed by atoms with van der Waals surface area (Å²) < 4.78 is 5.89. The van der Waals surface area contributed by atoms with Crippen molar-refractivity contribution in [3.63, 3.8) is 0 Å². The minimum absolute atomic E-state index is 0.0432. The number of amidine groups is 1. The summed E-state index contributed by atoms with van der Waals surface area (Å²) in [5.41, 5.74) is 2.04. The molecule has 1 amide bonds. The van der Waals surface area contributed by atoms with Crippen LogP contribution in [0.3, 0.4) is 0 Å². The summed E-state index contributed by atoms with van der Waals surface area (Å²) >= 11 is 1.22. The molecule has 0 bridgehead atoms. The van der Waals surface area contributed by atoms with E-state index in [0.717, 1.165) is 5.56 Å². The molecular formula is C23H24N2O4S. The molecule has 2 aromatic rings. The second-order valence-corrected chi connectivity index (χ2v) is 8.03. The zero-order valence-corrected chi connectivity index (χ0v) is 18.2. The predicted octanol–water partition coefficient (Wildman–Crippen LogP) is 4.68. The largest absolute Gasteiger partial charge is 0.506 e. The molecule has 1 fully saturated rings. The number of hydrogen-bond donors (Lipinski definition) is 1. The van der Waals surface area contributed by atoms with Crippen LogP contribution in [0.2, 0.25) is 0 Å². The number of amides is 1. The number of ether oxygens (including phenoxy) is 1. The van der Waals surface area contributed by atoms with Crippen LogP contribution in [0.1, 0.15) is 31.4 Å². The molecule has 0 aliphatic carbocycles. The van der Waals surface area contributed by atoms with E-state index < -0.39 is 6.10 Å². The van der Waals surface area contributed by atoms with Crippen LogP contribution in [-0.4, -0.2) is 40.0 Å². The van der Waals surface area contributed by atoms with Gasteiger partial charge in [0.1, 0.15) is 17.2 Å². The van der Waals surface area contributed by atoms with E-state index in [-0.39, 0.29) is 17.4 Å². The summed E-state index contributed by atoms with van der Waals surface area (Å²) in [5.74, 6) is 0.372. The maximum Gasteiger partial charge on any atom is 0.266 e. The third-order valence-corrected chi connectivity index (χ3v) is 5.71. The number of carbonyl (C=O) groups excluding carboxylic acids is 2. The number of aromatic hydroxyl groups is 1. The topological polar surface area (TPSA) is 79.2 Å². The number of phenols is 1. The number of nitrogens with zero attached hydrogens (tertiary/aromatic N) is 2. The molecule has 0 radical (unpaired) electrons. The zero-order valence-electron chi connectivity index (χ0n) is 17.4. The fraction of sp³-hybridized carbons (Fsp3) is 0.261. The van der Waals surface area contributed by atoms with Crippen LogP contribution in [0, 0.1) is 6.92 Å². The van der Waals surface area contributed by atoms with Crippen molar-refractivity contribution >= 4 is 40.4 Å². The van der Waals surface area contributed by atoms with Gasteiger partial charge in [-0.1, -0.05) is 31.2 Å². The van der Waals surface area contributed by atoms with Gasteiger partial charge in [0, 0.05) is 12.6 Å².